The summed E-state index contributed by atoms with van der Waals surface area (Å²) < 4.78 is 11.1. The van der Waals surface area contributed by atoms with Crippen LogP contribution in [0.1, 0.15) is 61.8 Å². The van der Waals surface area contributed by atoms with Crippen LogP contribution in [-0.4, -0.2) is 74.2 Å². The third kappa shape index (κ3) is 3.94. The summed E-state index contributed by atoms with van der Waals surface area (Å²) >= 11 is 0. The second-order valence-corrected chi connectivity index (χ2v) is 10.3. The average molecular weight is 414 g/mol. The lowest BCUT2D eigenvalue weighted by Gasteiger charge is -2.51. The zero-order chi connectivity index (χ0) is 22.6. The van der Waals surface area contributed by atoms with Crippen molar-refractivity contribution >= 4 is 18.1 Å². The Labute approximate surface area is 171 Å². The normalized spacial score (nSPS) is 28.6. The van der Waals surface area contributed by atoms with Crippen LogP contribution >= 0.6 is 0 Å². The maximum absolute atomic E-state index is 13.0. The Morgan fingerprint density at radius 2 is 1.76 bits per heavy atom. The minimum Gasteiger partial charge on any atom is -0.465 e. The molecule has 3 atom stereocenters. The second kappa shape index (κ2) is 7.12. The van der Waals surface area contributed by atoms with Gasteiger partial charge in [-0.1, -0.05) is 20.8 Å². The van der Waals surface area contributed by atoms with E-state index in [4.69, 9.17) is 9.47 Å². The Morgan fingerprint density at radius 1 is 1.21 bits per heavy atom. The van der Waals surface area contributed by atoms with Gasteiger partial charge in [-0.2, -0.15) is 0 Å². The van der Waals surface area contributed by atoms with Crippen molar-refractivity contribution in [3.8, 4) is 0 Å². The first-order valence-electron chi connectivity index (χ1n) is 9.85. The SMILES string of the molecule is CC(C)(C)OC(=O)N1CCC([C@H](O)[C@@]2(C(C)(C)C)COC(C)(C)N2C(=O)O)C1=O. The van der Waals surface area contributed by atoms with Gasteiger partial charge >= 0.3 is 12.2 Å². The fourth-order valence-corrected chi connectivity index (χ4v) is 4.34. The number of rotatable bonds is 2. The van der Waals surface area contributed by atoms with Gasteiger partial charge in [-0.05, 0) is 46.5 Å². The lowest BCUT2D eigenvalue weighted by atomic mass is 9.66. The number of ether oxygens (including phenoxy) is 2. The molecule has 2 aliphatic heterocycles. The Kier molecular flexibility index (Phi) is 5.75. The summed E-state index contributed by atoms with van der Waals surface area (Å²) in [6, 6.07) is 0. The molecule has 0 aromatic carbocycles. The minimum atomic E-state index is -1.37. The molecule has 9 nitrogen and oxygen atoms in total. The fraction of sp³-hybridized carbons (Fsp3) is 0.850. The van der Waals surface area contributed by atoms with Crippen molar-refractivity contribution in [2.75, 3.05) is 13.2 Å². The number of imide groups is 1. The molecule has 2 saturated heterocycles. The van der Waals surface area contributed by atoms with Gasteiger partial charge in [-0.25, -0.2) is 14.5 Å². The number of carbonyl (C=O) groups excluding carboxylic acids is 2. The van der Waals surface area contributed by atoms with Gasteiger partial charge in [0.1, 0.15) is 16.9 Å². The molecule has 29 heavy (non-hydrogen) atoms. The summed E-state index contributed by atoms with van der Waals surface area (Å²) in [5.74, 6) is -1.51. The molecule has 1 unspecified atom stereocenters. The molecule has 3 amide bonds. The molecule has 9 heteroatoms. The van der Waals surface area contributed by atoms with Crippen LogP contribution in [0.4, 0.5) is 9.59 Å². The van der Waals surface area contributed by atoms with Crippen LogP contribution in [0.5, 0.6) is 0 Å². The second-order valence-electron chi connectivity index (χ2n) is 10.3. The van der Waals surface area contributed by atoms with E-state index in [1.165, 1.54) is 0 Å². The van der Waals surface area contributed by atoms with Crippen molar-refractivity contribution in [1.29, 1.82) is 0 Å². The van der Waals surface area contributed by atoms with E-state index in [9.17, 15) is 24.6 Å². The molecule has 0 aromatic heterocycles. The van der Waals surface area contributed by atoms with Crippen molar-refractivity contribution in [2.24, 2.45) is 11.3 Å². The summed E-state index contributed by atoms with van der Waals surface area (Å²) in [5.41, 5.74) is -4.05. The highest BCUT2D eigenvalue weighted by atomic mass is 16.6. The Hall–Kier alpha value is -1.87. The zero-order valence-electron chi connectivity index (χ0n) is 18.6. The van der Waals surface area contributed by atoms with Crippen molar-refractivity contribution in [1.82, 2.24) is 9.80 Å². The Bertz CT molecular complexity index is 692. The summed E-state index contributed by atoms with van der Waals surface area (Å²) in [7, 11) is 0. The first-order chi connectivity index (χ1) is 13.0. The molecule has 2 fully saturated rings. The quantitative estimate of drug-likeness (QED) is 0.713. The van der Waals surface area contributed by atoms with Crippen LogP contribution in [0.15, 0.2) is 0 Å². The molecule has 0 saturated carbocycles. The highest BCUT2D eigenvalue weighted by Gasteiger charge is 2.66. The lowest BCUT2D eigenvalue weighted by molar-refractivity contribution is -0.143. The van der Waals surface area contributed by atoms with E-state index in [2.05, 4.69) is 0 Å². The molecule has 2 N–H and O–H groups in total. The number of amides is 3. The maximum atomic E-state index is 13.0. The van der Waals surface area contributed by atoms with E-state index in [0.29, 0.717) is 0 Å². The van der Waals surface area contributed by atoms with E-state index in [0.717, 1.165) is 9.80 Å². The fourth-order valence-electron chi connectivity index (χ4n) is 4.34. The minimum absolute atomic E-state index is 0.0623. The molecule has 0 aliphatic carbocycles. The molecule has 2 heterocycles. The molecule has 166 valence electrons. The smallest absolute Gasteiger partial charge is 0.417 e. The van der Waals surface area contributed by atoms with Crippen LogP contribution in [0.3, 0.4) is 0 Å². The molecular weight excluding hydrogens is 380 g/mol. The summed E-state index contributed by atoms with van der Waals surface area (Å²) in [6.07, 6.45) is -3.15. The molecule has 0 radical (unpaired) electrons. The number of aliphatic hydroxyl groups is 1. The lowest BCUT2D eigenvalue weighted by Crippen LogP contribution is -2.69. The molecule has 0 bridgehead atoms. The van der Waals surface area contributed by atoms with Gasteiger partial charge in [0.15, 0.2) is 0 Å². The van der Waals surface area contributed by atoms with Gasteiger partial charge in [-0.15, -0.1) is 0 Å². The van der Waals surface area contributed by atoms with Gasteiger partial charge < -0.3 is 19.7 Å². The Morgan fingerprint density at radius 3 is 2.21 bits per heavy atom. The van der Waals surface area contributed by atoms with Crippen LogP contribution in [0.2, 0.25) is 0 Å². The van der Waals surface area contributed by atoms with Gasteiger partial charge in [0.2, 0.25) is 5.91 Å². The van der Waals surface area contributed by atoms with Crippen molar-refractivity contribution in [3.63, 3.8) is 0 Å². The van der Waals surface area contributed by atoms with Crippen LogP contribution < -0.4 is 0 Å². The number of aliphatic hydroxyl groups excluding tert-OH is 1. The number of likely N-dealkylation sites (tertiary alicyclic amines) is 1. The van der Waals surface area contributed by atoms with Gasteiger partial charge in [0.05, 0.1) is 18.6 Å². The van der Waals surface area contributed by atoms with Gasteiger partial charge in [0.25, 0.3) is 0 Å². The Balaban J connectivity index is 2.40. The molecule has 2 rings (SSSR count). The largest absolute Gasteiger partial charge is 0.465 e. The molecule has 0 spiro atoms. The zero-order valence-corrected chi connectivity index (χ0v) is 18.6. The van der Waals surface area contributed by atoms with Crippen molar-refractivity contribution in [3.05, 3.63) is 0 Å². The van der Waals surface area contributed by atoms with Crippen LogP contribution in [-0.2, 0) is 14.3 Å². The number of nitrogens with zero attached hydrogens (tertiary/aromatic N) is 2. The first-order valence-corrected chi connectivity index (χ1v) is 9.85. The van der Waals surface area contributed by atoms with Crippen molar-refractivity contribution < 1.29 is 34.1 Å². The average Bonchev–Trinajstić information content (AvgIpc) is 3.02. The van der Waals surface area contributed by atoms with E-state index >= 15 is 0 Å². The maximum Gasteiger partial charge on any atom is 0.417 e. The summed E-state index contributed by atoms with van der Waals surface area (Å²) in [4.78, 5) is 39.7. The van der Waals surface area contributed by atoms with Crippen molar-refractivity contribution in [2.45, 2.75) is 84.8 Å². The number of hydrogen-bond donors (Lipinski definition) is 2. The number of carboxylic acid groups (broad SMARTS) is 1. The van der Waals surface area contributed by atoms with Crippen LogP contribution in [0.25, 0.3) is 0 Å². The monoisotopic (exact) mass is 414 g/mol. The standard InChI is InChI=1S/C20H34N2O7/c1-17(2,3)20(11-28-19(7,8)22(20)15(25)26)13(23)12-9-10-21(14(12)24)16(27)29-18(4,5)6/h12-13,23H,9-11H2,1-8H3,(H,25,26)/t12?,13-,20+/m0/s1. The summed E-state index contributed by atoms with van der Waals surface area (Å²) in [5, 5.41) is 21.3. The van der Waals surface area contributed by atoms with E-state index in [1.54, 1.807) is 34.6 Å². The predicted octanol–water partition coefficient (Wildman–Crippen LogP) is 2.66. The van der Waals surface area contributed by atoms with Crippen LogP contribution in [0, 0.1) is 11.3 Å². The first kappa shape index (κ1) is 23.4. The predicted molar refractivity (Wildman–Crippen MR) is 104 cm³/mol. The highest BCUT2D eigenvalue weighted by molar-refractivity contribution is 5.95. The van der Waals surface area contributed by atoms with E-state index in [-0.39, 0.29) is 19.6 Å². The van der Waals surface area contributed by atoms with E-state index < -0.39 is 52.4 Å². The molecule has 0 aromatic rings. The molecular formula is C20H34N2O7. The van der Waals surface area contributed by atoms with Gasteiger partial charge in [0, 0.05) is 6.54 Å². The number of hydrogen-bond acceptors (Lipinski definition) is 6. The molecule has 2 aliphatic rings. The van der Waals surface area contributed by atoms with E-state index in [1.807, 2.05) is 20.8 Å². The topological polar surface area (TPSA) is 117 Å². The third-order valence-corrected chi connectivity index (χ3v) is 5.80. The third-order valence-electron chi connectivity index (χ3n) is 5.80. The number of carbonyl (C=O) groups is 3. The highest BCUT2D eigenvalue weighted by Crippen LogP contribution is 2.50. The summed E-state index contributed by atoms with van der Waals surface area (Å²) in [6.45, 7) is 13.8. The van der Waals surface area contributed by atoms with Gasteiger partial charge in [-0.3, -0.25) is 9.69 Å².